The zero-order valence-electron chi connectivity index (χ0n) is 11.1. The second-order valence-electron chi connectivity index (χ2n) is 5.71. The standard InChI is InChI=1S/C15H23NO/c1-4-17-14-7-5-6-12(10-14)16-13-8-9-15(2,3)11-13/h5-7,10,13,16H,4,8-9,11H2,1-3H3. The van der Waals surface area contributed by atoms with Crippen LogP contribution in [0.2, 0.25) is 0 Å². The molecule has 1 aliphatic carbocycles. The lowest BCUT2D eigenvalue weighted by Crippen LogP contribution is -2.17. The summed E-state index contributed by atoms with van der Waals surface area (Å²) in [5.74, 6) is 0.953. The summed E-state index contributed by atoms with van der Waals surface area (Å²) in [7, 11) is 0. The Morgan fingerprint density at radius 3 is 2.88 bits per heavy atom. The minimum Gasteiger partial charge on any atom is -0.494 e. The van der Waals surface area contributed by atoms with Crippen LogP contribution in [0.4, 0.5) is 5.69 Å². The normalized spacial score (nSPS) is 22.4. The molecule has 17 heavy (non-hydrogen) atoms. The summed E-state index contributed by atoms with van der Waals surface area (Å²) in [6.45, 7) is 7.44. The molecule has 1 unspecified atom stereocenters. The van der Waals surface area contributed by atoms with Crippen LogP contribution in [-0.4, -0.2) is 12.6 Å². The van der Waals surface area contributed by atoms with E-state index in [1.807, 2.05) is 19.1 Å². The number of anilines is 1. The van der Waals surface area contributed by atoms with Crippen LogP contribution in [0.3, 0.4) is 0 Å². The maximum atomic E-state index is 5.51. The van der Waals surface area contributed by atoms with Crippen LogP contribution in [0.25, 0.3) is 0 Å². The average Bonchev–Trinajstić information content (AvgIpc) is 2.59. The lowest BCUT2D eigenvalue weighted by molar-refractivity contribution is 0.340. The van der Waals surface area contributed by atoms with Gasteiger partial charge >= 0.3 is 0 Å². The lowest BCUT2D eigenvalue weighted by Gasteiger charge is -2.19. The third-order valence-electron chi connectivity index (χ3n) is 3.48. The SMILES string of the molecule is CCOc1cccc(NC2CCC(C)(C)C2)c1. The quantitative estimate of drug-likeness (QED) is 0.846. The fraction of sp³-hybridized carbons (Fsp3) is 0.600. The summed E-state index contributed by atoms with van der Waals surface area (Å²) in [4.78, 5) is 0. The van der Waals surface area contributed by atoms with Gasteiger partial charge in [0.15, 0.2) is 0 Å². The molecule has 2 nitrogen and oxygen atoms in total. The van der Waals surface area contributed by atoms with Crippen LogP contribution in [0.1, 0.15) is 40.0 Å². The number of ether oxygens (including phenoxy) is 1. The number of hydrogen-bond acceptors (Lipinski definition) is 2. The van der Waals surface area contributed by atoms with Gasteiger partial charge in [0, 0.05) is 17.8 Å². The van der Waals surface area contributed by atoms with E-state index in [-0.39, 0.29) is 0 Å². The monoisotopic (exact) mass is 233 g/mol. The molecule has 0 radical (unpaired) electrons. The first-order valence-corrected chi connectivity index (χ1v) is 6.58. The molecule has 0 amide bonds. The van der Waals surface area contributed by atoms with Crippen LogP contribution in [0, 0.1) is 5.41 Å². The van der Waals surface area contributed by atoms with Gasteiger partial charge in [-0.3, -0.25) is 0 Å². The molecular weight excluding hydrogens is 210 g/mol. The molecule has 1 aromatic rings. The van der Waals surface area contributed by atoms with Gasteiger partial charge in [0.05, 0.1) is 6.61 Å². The van der Waals surface area contributed by atoms with Gasteiger partial charge in [-0.25, -0.2) is 0 Å². The first kappa shape index (κ1) is 12.3. The molecule has 1 aliphatic rings. The Morgan fingerprint density at radius 2 is 2.24 bits per heavy atom. The number of rotatable bonds is 4. The Kier molecular flexibility index (Phi) is 3.60. The zero-order chi connectivity index (χ0) is 12.3. The summed E-state index contributed by atoms with van der Waals surface area (Å²) >= 11 is 0. The summed E-state index contributed by atoms with van der Waals surface area (Å²) in [5, 5.41) is 3.62. The first-order valence-electron chi connectivity index (χ1n) is 6.58. The molecule has 0 bridgehead atoms. The van der Waals surface area contributed by atoms with Crippen LogP contribution in [0.15, 0.2) is 24.3 Å². The molecule has 1 atom stereocenters. The van der Waals surface area contributed by atoms with Crippen molar-refractivity contribution < 1.29 is 4.74 Å². The zero-order valence-corrected chi connectivity index (χ0v) is 11.1. The van der Waals surface area contributed by atoms with Crippen molar-refractivity contribution in [2.24, 2.45) is 5.41 Å². The molecule has 0 spiro atoms. The van der Waals surface area contributed by atoms with Crippen molar-refractivity contribution >= 4 is 5.69 Å². The minimum atomic E-state index is 0.495. The van der Waals surface area contributed by atoms with Crippen LogP contribution in [-0.2, 0) is 0 Å². The Balaban J connectivity index is 1.97. The maximum Gasteiger partial charge on any atom is 0.121 e. The third-order valence-corrected chi connectivity index (χ3v) is 3.48. The van der Waals surface area contributed by atoms with E-state index in [1.54, 1.807) is 0 Å². The van der Waals surface area contributed by atoms with E-state index in [0.717, 1.165) is 12.4 Å². The highest BCUT2D eigenvalue weighted by atomic mass is 16.5. The van der Waals surface area contributed by atoms with Gasteiger partial charge < -0.3 is 10.1 Å². The van der Waals surface area contributed by atoms with Crippen LogP contribution in [0.5, 0.6) is 5.75 Å². The largest absolute Gasteiger partial charge is 0.494 e. The highest BCUT2D eigenvalue weighted by Gasteiger charge is 2.30. The number of benzene rings is 1. The van der Waals surface area contributed by atoms with E-state index < -0.39 is 0 Å². The van der Waals surface area contributed by atoms with Crippen molar-refractivity contribution in [1.82, 2.24) is 0 Å². The van der Waals surface area contributed by atoms with Crippen molar-refractivity contribution in [2.45, 2.75) is 46.1 Å². The van der Waals surface area contributed by atoms with Gasteiger partial charge in [0.1, 0.15) is 5.75 Å². The van der Waals surface area contributed by atoms with E-state index in [9.17, 15) is 0 Å². The molecule has 0 heterocycles. The predicted molar refractivity (Wildman–Crippen MR) is 72.7 cm³/mol. The molecule has 1 fully saturated rings. The molecule has 94 valence electrons. The predicted octanol–water partition coefficient (Wildman–Crippen LogP) is 4.08. The topological polar surface area (TPSA) is 21.3 Å². The summed E-state index contributed by atoms with van der Waals surface area (Å²) in [6, 6.07) is 8.88. The Hall–Kier alpha value is -1.18. The van der Waals surface area contributed by atoms with E-state index in [4.69, 9.17) is 4.74 Å². The average molecular weight is 233 g/mol. The smallest absolute Gasteiger partial charge is 0.121 e. The van der Waals surface area contributed by atoms with Crippen molar-refractivity contribution in [1.29, 1.82) is 0 Å². The van der Waals surface area contributed by atoms with Gasteiger partial charge in [0.2, 0.25) is 0 Å². The molecule has 1 aromatic carbocycles. The molecule has 0 aliphatic heterocycles. The van der Waals surface area contributed by atoms with Gasteiger partial charge in [-0.05, 0) is 43.7 Å². The van der Waals surface area contributed by atoms with Crippen LogP contribution >= 0.6 is 0 Å². The Bertz CT molecular complexity index is 373. The van der Waals surface area contributed by atoms with E-state index >= 15 is 0 Å². The maximum absolute atomic E-state index is 5.51. The third kappa shape index (κ3) is 3.39. The molecule has 0 saturated heterocycles. The molecule has 2 heteroatoms. The van der Waals surface area contributed by atoms with Crippen LogP contribution < -0.4 is 10.1 Å². The van der Waals surface area contributed by atoms with Gasteiger partial charge in [0.25, 0.3) is 0 Å². The summed E-state index contributed by atoms with van der Waals surface area (Å²) < 4.78 is 5.51. The highest BCUT2D eigenvalue weighted by Crippen LogP contribution is 2.38. The van der Waals surface area contributed by atoms with E-state index in [2.05, 4.69) is 31.3 Å². The first-order chi connectivity index (χ1) is 8.09. The van der Waals surface area contributed by atoms with Crippen molar-refractivity contribution in [3.63, 3.8) is 0 Å². The van der Waals surface area contributed by atoms with Crippen molar-refractivity contribution in [2.75, 3.05) is 11.9 Å². The van der Waals surface area contributed by atoms with Gasteiger partial charge in [-0.1, -0.05) is 19.9 Å². The summed E-state index contributed by atoms with van der Waals surface area (Å²) in [6.07, 6.45) is 3.84. The molecule has 1 saturated carbocycles. The molecule has 2 rings (SSSR count). The molecular formula is C15H23NO. The number of hydrogen-bond donors (Lipinski definition) is 1. The number of nitrogens with one attached hydrogen (secondary N) is 1. The van der Waals surface area contributed by atoms with Gasteiger partial charge in [-0.2, -0.15) is 0 Å². The second-order valence-corrected chi connectivity index (χ2v) is 5.71. The molecule has 1 N–H and O–H groups in total. The lowest BCUT2D eigenvalue weighted by atomic mass is 9.92. The van der Waals surface area contributed by atoms with Crippen molar-refractivity contribution in [3.05, 3.63) is 24.3 Å². The van der Waals surface area contributed by atoms with E-state index in [1.165, 1.54) is 24.9 Å². The second kappa shape index (κ2) is 4.99. The van der Waals surface area contributed by atoms with E-state index in [0.29, 0.717) is 11.5 Å². The summed E-state index contributed by atoms with van der Waals surface area (Å²) in [5.41, 5.74) is 1.67. The fourth-order valence-corrected chi connectivity index (χ4v) is 2.64. The molecule has 0 aromatic heterocycles. The Morgan fingerprint density at radius 1 is 1.41 bits per heavy atom. The highest BCUT2D eigenvalue weighted by molar-refractivity contribution is 5.49. The van der Waals surface area contributed by atoms with Crippen molar-refractivity contribution in [3.8, 4) is 5.75 Å². The Labute approximate surface area is 104 Å². The fourth-order valence-electron chi connectivity index (χ4n) is 2.64. The van der Waals surface area contributed by atoms with Gasteiger partial charge in [-0.15, -0.1) is 0 Å². The minimum absolute atomic E-state index is 0.495.